The molecule has 0 aliphatic carbocycles. The zero-order valence-electron chi connectivity index (χ0n) is 4.13. The third-order valence-corrected chi connectivity index (χ3v) is 1.89. The molecular formula is C4H7BrN2. The highest BCUT2D eigenvalue weighted by Crippen LogP contribution is 2.06. The Balaban J connectivity index is 2.45. The molecule has 7 heavy (non-hydrogen) atoms. The molecule has 0 saturated carbocycles. The van der Waals surface area contributed by atoms with E-state index in [1.807, 2.05) is 13.3 Å². The van der Waals surface area contributed by atoms with E-state index in [4.69, 9.17) is 0 Å². The molecule has 40 valence electrons. The van der Waals surface area contributed by atoms with Crippen LogP contribution in [0, 0.1) is 0 Å². The molecule has 1 aliphatic heterocycles. The van der Waals surface area contributed by atoms with Gasteiger partial charge in [-0.15, -0.1) is 0 Å². The van der Waals surface area contributed by atoms with Gasteiger partial charge in [0.2, 0.25) is 0 Å². The van der Waals surface area contributed by atoms with Crippen LogP contribution in [0.1, 0.15) is 0 Å². The second-order valence-electron chi connectivity index (χ2n) is 1.60. The first-order chi connectivity index (χ1) is 3.30. The van der Waals surface area contributed by atoms with Gasteiger partial charge in [-0.2, -0.15) is 0 Å². The zero-order valence-corrected chi connectivity index (χ0v) is 5.72. The van der Waals surface area contributed by atoms with Gasteiger partial charge in [-0.3, -0.25) is 9.89 Å². The molecule has 1 aliphatic rings. The van der Waals surface area contributed by atoms with Crippen molar-refractivity contribution in [3.8, 4) is 0 Å². The second-order valence-corrected chi connectivity index (χ2v) is 2.54. The summed E-state index contributed by atoms with van der Waals surface area (Å²) in [5.41, 5.74) is 0. The van der Waals surface area contributed by atoms with Crippen LogP contribution >= 0.6 is 15.9 Å². The molecule has 0 saturated heterocycles. The minimum absolute atomic E-state index is 0.368. The Morgan fingerprint density at radius 2 is 2.71 bits per heavy atom. The molecule has 1 atom stereocenters. The summed E-state index contributed by atoms with van der Waals surface area (Å²) in [6.45, 7) is 0.829. The number of aliphatic imine (C=N–C) groups is 1. The van der Waals surface area contributed by atoms with E-state index < -0.39 is 0 Å². The largest absolute Gasteiger partial charge is 0.279 e. The summed E-state index contributed by atoms with van der Waals surface area (Å²) in [7, 11) is 2.02. The Morgan fingerprint density at radius 3 is 2.86 bits per heavy atom. The van der Waals surface area contributed by atoms with Crippen LogP contribution in [0.5, 0.6) is 0 Å². The number of nitrogens with zero attached hydrogens (tertiary/aromatic N) is 2. The lowest BCUT2D eigenvalue weighted by Gasteiger charge is -2.08. The number of rotatable bonds is 0. The monoisotopic (exact) mass is 162 g/mol. The molecule has 0 spiro atoms. The van der Waals surface area contributed by atoms with Crippen LogP contribution in [0.4, 0.5) is 0 Å². The van der Waals surface area contributed by atoms with Crippen LogP contribution in [-0.2, 0) is 0 Å². The molecule has 0 aromatic heterocycles. The lowest BCUT2D eigenvalue weighted by atomic mass is 10.7. The number of hydrogen-bond acceptors (Lipinski definition) is 2. The Labute approximate surface area is 51.4 Å². The molecule has 0 aromatic carbocycles. The highest BCUT2D eigenvalue weighted by atomic mass is 79.9. The van der Waals surface area contributed by atoms with Gasteiger partial charge in [0.25, 0.3) is 0 Å². The van der Waals surface area contributed by atoms with Crippen molar-refractivity contribution in [2.75, 3.05) is 13.7 Å². The summed E-state index contributed by atoms with van der Waals surface area (Å²) < 4.78 is 0. The van der Waals surface area contributed by atoms with Crippen LogP contribution in [0.25, 0.3) is 0 Å². The molecular weight excluding hydrogens is 156 g/mol. The zero-order chi connectivity index (χ0) is 5.28. The molecule has 0 amide bonds. The van der Waals surface area contributed by atoms with Crippen LogP contribution in [0.3, 0.4) is 0 Å². The van der Waals surface area contributed by atoms with E-state index in [0.29, 0.717) is 4.95 Å². The lowest BCUT2D eigenvalue weighted by Crippen LogP contribution is -2.20. The molecule has 3 heteroatoms. The summed E-state index contributed by atoms with van der Waals surface area (Å²) in [4.78, 5) is 6.46. The predicted molar refractivity (Wildman–Crippen MR) is 33.8 cm³/mol. The summed E-state index contributed by atoms with van der Waals surface area (Å²) in [5, 5.41) is 0. The Morgan fingerprint density at radius 1 is 2.00 bits per heavy atom. The van der Waals surface area contributed by atoms with Crippen LogP contribution in [-0.4, -0.2) is 29.8 Å². The maximum atomic E-state index is 4.00. The van der Waals surface area contributed by atoms with Gasteiger partial charge in [0.1, 0.15) is 4.95 Å². The van der Waals surface area contributed by atoms with Gasteiger partial charge >= 0.3 is 0 Å². The van der Waals surface area contributed by atoms with Gasteiger partial charge < -0.3 is 0 Å². The SMILES string of the molecule is CN1CN=CC1Br. The Kier molecular flexibility index (Phi) is 1.44. The smallest absolute Gasteiger partial charge is 0.102 e. The third-order valence-electron chi connectivity index (χ3n) is 0.954. The Hall–Kier alpha value is 0.110. The van der Waals surface area contributed by atoms with Crippen molar-refractivity contribution >= 4 is 22.1 Å². The van der Waals surface area contributed by atoms with E-state index in [2.05, 4.69) is 25.8 Å². The van der Waals surface area contributed by atoms with Crippen LogP contribution in [0.15, 0.2) is 4.99 Å². The molecule has 1 unspecified atom stereocenters. The van der Waals surface area contributed by atoms with Gasteiger partial charge in [0.05, 0.1) is 6.67 Å². The summed E-state index contributed by atoms with van der Waals surface area (Å²) >= 11 is 3.38. The summed E-state index contributed by atoms with van der Waals surface area (Å²) in [6, 6.07) is 0. The number of hydrogen-bond donors (Lipinski definition) is 0. The van der Waals surface area contributed by atoms with Gasteiger partial charge in [-0.25, -0.2) is 0 Å². The van der Waals surface area contributed by atoms with Crippen molar-refractivity contribution in [3.63, 3.8) is 0 Å². The average molecular weight is 163 g/mol. The molecule has 0 bridgehead atoms. The third kappa shape index (κ3) is 1.01. The molecule has 0 radical (unpaired) electrons. The minimum atomic E-state index is 0.368. The van der Waals surface area contributed by atoms with Crippen molar-refractivity contribution < 1.29 is 0 Å². The maximum Gasteiger partial charge on any atom is 0.102 e. The van der Waals surface area contributed by atoms with Crippen LogP contribution < -0.4 is 0 Å². The van der Waals surface area contributed by atoms with E-state index >= 15 is 0 Å². The van der Waals surface area contributed by atoms with Gasteiger partial charge in [-0.1, -0.05) is 15.9 Å². The van der Waals surface area contributed by atoms with Crippen molar-refractivity contribution in [1.29, 1.82) is 0 Å². The van der Waals surface area contributed by atoms with Gasteiger partial charge in [-0.05, 0) is 7.05 Å². The standard InChI is InChI=1S/C4H7BrN2/c1-7-3-6-2-4(7)5/h2,4H,3H2,1H3. The molecule has 0 N–H and O–H groups in total. The van der Waals surface area contributed by atoms with Crippen molar-refractivity contribution in [1.82, 2.24) is 4.90 Å². The molecule has 1 rings (SSSR count). The van der Waals surface area contributed by atoms with E-state index in [9.17, 15) is 0 Å². The summed E-state index contributed by atoms with van der Waals surface area (Å²) in [5.74, 6) is 0. The normalized spacial score (nSPS) is 32.0. The fourth-order valence-electron chi connectivity index (χ4n) is 0.455. The lowest BCUT2D eigenvalue weighted by molar-refractivity contribution is 0.405. The van der Waals surface area contributed by atoms with Crippen molar-refractivity contribution in [2.24, 2.45) is 4.99 Å². The highest BCUT2D eigenvalue weighted by Gasteiger charge is 2.10. The molecule has 0 fully saturated rings. The number of alkyl halides is 1. The number of halogens is 1. The first-order valence-corrected chi connectivity index (χ1v) is 3.06. The van der Waals surface area contributed by atoms with E-state index in [1.165, 1.54) is 0 Å². The van der Waals surface area contributed by atoms with Gasteiger partial charge in [0.15, 0.2) is 0 Å². The van der Waals surface area contributed by atoms with Crippen molar-refractivity contribution in [3.05, 3.63) is 0 Å². The topological polar surface area (TPSA) is 15.6 Å². The van der Waals surface area contributed by atoms with E-state index in [0.717, 1.165) is 6.67 Å². The highest BCUT2D eigenvalue weighted by molar-refractivity contribution is 9.09. The first kappa shape index (κ1) is 5.25. The average Bonchev–Trinajstić information content (AvgIpc) is 1.91. The van der Waals surface area contributed by atoms with Crippen LogP contribution in [0.2, 0.25) is 0 Å². The fourth-order valence-corrected chi connectivity index (χ4v) is 0.751. The summed E-state index contributed by atoms with van der Waals surface area (Å²) in [6.07, 6.45) is 1.89. The van der Waals surface area contributed by atoms with Crippen molar-refractivity contribution in [2.45, 2.75) is 4.95 Å². The Bertz CT molecular complexity index is 91.7. The minimum Gasteiger partial charge on any atom is -0.279 e. The first-order valence-electron chi connectivity index (χ1n) is 2.15. The maximum absolute atomic E-state index is 4.00. The molecule has 0 aromatic rings. The van der Waals surface area contributed by atoms with Gasteiger partial charge in [0, 0.05) is 6.21 Å². The van der Waals surface area contributed by atoms with E-state index in [1.54, 1.807) is 0 Å². The molecule has 1 heterocycles. The predicted octanol–water partition coefficient (Wildman–Crippen LogP) is 0.681. The quantitative estimate of drug-likeness (QED) is 0.378. The second kappa shape index (κ2) is 1.92. The van der Waals surface area contributed by atoms with E-state index in [-0.39, 0.29) is 0 Å². The fraction of sp³-hybridized carbons (Fsp3) is 0.750. The molecule has 2 nitrogen and oxygen atoms in total.